The Morgan fingerprint density at radius 2 is 2.28 bits per heavy atom. The lowest BCUT2D eigenvalue weighted by Crippen LogP contribution is -2.50. The zero-order chi connectivity index (χ0) is 13.5. The van der Waals surface area contributed by atoms with E-state index >= 15 is 0 Å². The third-order valence-corrected chi connectivity index (χ3v) is 4.29. The summed E-state index contributed by atoms with van der Waals surface area (Å²) in [5.41, 5.74) is -0.0857. The highest BCUT2D eigenvalue weighted by molar-refractivity contribution is 5.76. The molecule has 0 bridgehead atoms. The average Bonchev–Trinajstić information content (AvgIpc) is 2.70. The largest absolute Gasteiger partial charge is 0.461 e. The number of aliphatic hydroxyl groups excluding tert-OH is 1. The summed E-state index contributed by atoms with van der Waals surface area (Å²) in [7, 11) is 0. The zero-order valence-corrected chi connectivity index (χ0v) is 10.5. The van der Waals surface area contributed by atoms with Crippen LogP contribution in [0.25, 0.3) is 0 Å². The predicted molar refractivity (Wildman–Crippen MR) is 65.6 cm³/mol. The van der Waals surface area contributed by atoms with Gasteiger partial charge in [0.15, 0.2) is 0 Å². The molecule has 4 heteroatoms. The van der Waals surface area contributed by atoms with E-state index in [-0.39, 0.29) is 24.2 Å². The van der Waals surface area contributed by atoms with E-state index in [9.17, 15) is 14.7 Å². The molecule has 0 amide bonds. The van der Waals surface area contributed by atoms with Crippen LogP contribution in [0.1, 0.15) is 19.8 Å². The Hall–Kier alpha value is -1.42. The summed E-state index contributed by atoms with van der Waals surface area (Å²) < 4.78 is 5.30. The number of fused-ring (bicyclic) bond motifs is 1. The van der Waals surface area contributed by atoms with Crippen molar-refractivity contribution in [3.8, 4) is 0 Å². The second kappa shape index (κ2) is 4.35. The van der Waals surface area contributed by atoms with Gasteiger partial charge in [-0.2, -0.15) is 0 Å². The van der Waals surface area contributed by atoms with Crippen molar-refractivity contribution in [2.45, 2.75) is 32.0 Å². The molecule has 0 aromatic carbocycles. The van der Waals surface area contributed by atoms with Crippen molar-refractivity contribution in [2.24, 2.45) is 17.3 Å². The van der Waals surface area contributed by atoms with Crippen LogP contribution in [-0.2, 0) is 14.3 Å². The number of hydrogen-bond donors (Lipinski definition) is 1. The van der Waals surface area contributed by atoms with Gasteiger partial charge in [0.05, 0.1) is 12.5 Å². The van der Waals surface area contributed by atoms with E-state index in [1.165, 1.54) is 0 Å². The first-order valence-electron chi connectivity index (χ1n) is 6.08. The highest BCUT2D eigenvalue weighted by atomic mass is 16.6. The predicted octanol–water partition coefficient (Wildman–Crippen LogP) is 1.25. The van der Waals surface area contributed by atoms with Gasteiger partial charge in [0.1, 0.15) is 12.4 Å². The van der Waals surface area contributed by atoms with Crippen molar-refractivity contribution in [1.82, 2.24) is 0 Å². The third kappa shape index (κ3) is 1.81. The van der Waals surface area contributed by atoms with E-state index in [1.807, 2.05) is 6.92 Å². The smallest absolute Gasteiger partial charge is 0.306 e. The number of esters is 1. The summed E-state index contributed by atoms with van der Waals surface area (Å²) in [4.78, 5) is 22.5. The number of ether oxygens (including phenoxy) is 1. The van der Waals surface area contributed by atoms with Gasteiger partial charge < -0.3 is 9.84 Å². The number of allylic oxidation sites excluding steroid dienone is 1. The van der Waals surface area contributed by atoms with Crippen molar-refractivity contribution in [2.75, 3.05) is 0 Å². The third-order valence-electron chi connectivity index (χ3n) is 4.29. The minimum atomic E-state index is -0.611. The van der Waals surface area contributed by atoms with Crippen LogP contribution >= 0.6 is 0 Å². The summed E-state index contributed by atoms with van der Waals surface area (Å²) in [5.74, 6) is -0.861. The molecule has 2 rings (SSSR count). The molecule has 1 aliphatic heterocycles. The SMILES string of the molecule is C=C[C@]1(C)C[C@H](O)[C@H]2CC(=O)O[C@@H]2[C@H]1C(=C)C=O. The van der Waals surface area contributed by atoms with Gasteiger partial charge in [0.25, 0.3) is 0 Å². The summed E-state index contributed by atoms with van der Waals surface area (Å²) in [5, 5.41) is 10.1. The number of carbonyl (C=O) groups excluding carboxylic acids is 2. The van der Waals surface area contributed by atoms with Crippen LogP contribution < -0.4 is 0 Å². The Morgan fingerprint density at radius 3 is 2.83 bits per heavy atom. The number of hydrogen-bond acceptors (Lipinski definition) is 4. The molecule has 0 unspecified atom stereocenters. The number of aliphatic hydroxyl groups is 1. The van der Waals surface area contributed by atoms with Crippen molar-refractivity contribution < 1.29 is 19.4 Å². The van der Waals surface area contributed by atoms with Gasteiger partial charge in [-0.3, -0.25) is 9.59 Å². The lowest BCUT2D eigenvalue weighted by atomic mass is 9.59. The fourth-order valence-electron chi connectivity index (χ4n) is 3.29. The van der Waals surface area contributed by atoms with Gasteiger partial charge >= 0.3 is 5.97 Å². The highest BCUT2D eigenvalue weighted by Gasteiger charge is 2.55. The van der Waals surface area contributed by atoms with Crippen LogP contribution in [0.4, 0.5) is 0 Å². The fraction of sp³-hybridized carbons (Fsp3) is 0.571. The number of aldehydes is 1. The van der Waals surface area contributed by atoms with E-state index in [2.05, 4.69) is 13.2 Å². The molecule has 2 aliphatic rings. The van der Waals surface area contributed by atoms with Crippen molar-refractivity contribution in [3.63, 3.8) is 0 Å². The maximum Gasteiger partial charge on any atom is 0.306 e. The Balaban J connectivity index is 2.42. The van der Waals surface area contributed by atoms with Crippen LogP contribution in [0, 0.1) is 17.3 Å². The first-order valence-corrected chi connectivity index (χ1v) is 6.08. The molecular formula is C14H18O4. The topological polar surface area (TPSA) is 63.6 Å². The lowest BCUT2D eigenvalue weighted by Gasteiger charge is -2.46. The summed E-state index contributed by atoms with van der Waals surface area (Å²) in [6, 6.07) is 0. The minimum absolute atomic E-state index is 0.210. The molecule has 1 saturated heterocycles. The average molecular weight is 250 g/mol. The molecule has 98 valence electrons. The normalized spacial score (nSPS) is 42.9. The standard InChI is InChI=1S/C14H18O4/c1-4-14(3)6-10(16)9-5-11(17)18-13(9)12(14)8(2)7-15/h4,7,9-10,12-13,16H,1-2,5-6H2,3H3/t9-,10+,12-,13+,14-/m1/s1. The molecule has 4 nitrogen and oxygen atoms in total. The molecule has 18 heavy (non-hydrogen) atoms. The molecule has 1 saturated carbocycles. The molecule has 0 spiro atoms. The van der Waals surface area contributed by atoms with Crippen molar-refractivity contribution >= 4 is 12.3 Å². The molecule has 1 N–H and O–H groups in total. The fourth-order valence-corrected chi connectivity index (χ4v) is 3.29. The van der Waals surface area contributed by atoms with Gasteiger partial charge in [-0.15, -0.1) is 6.58 Å². The van der Waals surface area contributed by atoms with Crippen LogP contribution in [0.15, 0.2) is 24.8 Å². The van der Waals surface area contributed by atoms with Crippen LogP contribution in [0.2, 0.25) is 0 Å². The zero-order valence-electron chi connectivity index (χ0n) is 10.5. The molecule has 2 fully saturated rings. The second-order valence-electron chi connectivity index (χ2n) is 5.47. The van der Waals surface area contributed by atoms with Crippen molar-refractivity contribution in [1.29, 1.82) is 0 Å². The Labute approximate surface area is 106 Å². The highest BCUT2D eigenvalue weighted by Crippen LogP contribution is 2.51. The van der Waals surface area contributed by atoms with Gasteiger partial charge in [-0.25, -0.2) is 0 Å². The van der Waals surface area contributed by atoms with Gasteiger partial charge in [0.2, 0.25) is 0 Å². The molecule has 1 heterocycles. The minimum Gasteiger partial charge on any atom is -0.461 e. The Morgan fingerprint density at radius 1 is 1.61 bits per heavy atom. The van der Waals surface area contributed by atoms with Crippen LogP contribution in [0.3, 0.4) is 0 Å². The quantitative estimate of drug-likeness (QED) is 0.354. The van der Waals surface area contributed by atoms with Crippen LogP contribution in [-0.4, -0.2) is 29.6 Å². The number of rotatable bonds is 3. The van der Waals surface area contributed by atoms with E-state index < -0.39 is 17.6 Å². The van der Waals surface area contributed by atoms with E-state index in [0.29, 0.717) is 18.3 Å². The first kappa shape index (κ1) is 13.0. The maximum atomic E-state index is 11.4. The molecule has 0 aromatic heterocycles. The van der Waals surface area contributed by atoms with Gasteiger partial charge in [-0.05, 0) is 17.4 Å². The van der Waals surface area contributed by atoms with E-state index in [0.717, 1.165) is 0 Å². The molecular weight excluding hydrogens is 232 g/mol. The van der Waals surface area contributed by atoms with Crippen molar-refractivity contribution in [3.05, 3.63) is 24.8 Å². The Kier molecular flexibility index (Phi) is 3.15. The number of carbonyl (C=O) groups is 2. The van der Waals surface area contributed by atoms with E-state index in [4.69, 9.17) is 4.74 Å². The summed E-state index contributed by atoms with van der Waals surface area (Å²) in [6.07, 6.45) is 2.01. The maximum absolute atomic E-state index is 11.4. The molecule has 1 aliphatic carbocycles. The molecule has 0 aromatic rings. The second-order valence-corrected chi connectivity index (χ2v) is 5.47. The summed E-state index contributed by atoms with van der Waals surface area (Å²) >= 11 is 0. The molecule has 0 radical (unpaired) electrons. The van der Waals surface area contributed by atoms with Gasteiger partial charge in [0, 0.05) is 11.8 Å². The summed E-state index contributed by atoms with van der Waals surface area (Å²) in [6.45, 7) is 9.45. The van der Waals surface area contributed by atoms with Crippen LogP contribution in [0.5, 0.6) is 0 Å². The monoisotopic (exact) mass is 250 g/mol. The lowest BCUT2D eigenvalue weighted by molar-refractivity contribution is -0.147. The van der Waals surface area contributed by atoms with E-state index in [1.54, 1.807) is 6.08 Å². The molecule has 5 atom stereocenters. The van der Waals surface area contributed by atoms with Gasteiger partial charge in [-0.1, -0.05) is 19.6 Å². The first-order chi connectivity index (χ1) is 8.42. The Bertz CT molecular complexity index is 414.